The molecule has 1 N–H and O–H groups in total. The van der Waals surface area contributed by atoms with Crippen molar-refractivity contribution in [2.24, 2.45) is 0 Å². The van der Waals surface area contributed by atoms with Crippen molar-refractivity contribution in [3.05, 3.63) is 23.0 Å². The number of alkyl halides is 3. The third kappa shape index (κ3) is 3.28. The number of carbonyl (C=O) groups is 1. The maximum atomic E-state index is 11.8. The van der Waals surface area contributed by atoms with E-state index in [-0.39, 0.29) is 5.15 Å². The fourth-order valence-electron chi connectivity index (χ4n) is 0.783. The Bertz CT molecular complexity index is 394. The van der Waals surface area contributed by atoms with Crippen molar-refractivity contribution in [3.8, 4) is 5.75 Å². The van der Waals surface area contributed by atoms with E-state index in [2.05, 4.69) is 9.72 Å². The number of carboxylic acid groups (broad SMARTS) is 1. The van der Waals surface area contributed by atoms with Gasteiger partial charge in [0.1, 0.15) is 16.5 Å². The van der Waals surface area contributed by atoms with Crippen LogP contribution in [0.15, 0.2) is 12.3 Å². The van der Waals surface area contributed by atoms with Crippen LogP contribution < -0.4 is 4.74 Å². The number of pyridine rings is 1. The molecule has 0 aromatic carbocycles. The van der Waals surface area contributed by atoms with Crippen LogP contribution in [0.4, 0.5) is 13.2 Å². The monoisotopic (exact) mass is 241 g/mol. The van der Waals surface area contributed by atoms with Crippen molar-refractivity contribution in [2.75, 3.05) is 0 Å². The normalized spacial score (nSPS) is 11.2. The third-order valence-corrected chi connectivity index (χ3v) is 1.50. The fraction of sp³-hybridized carbons (Fsp3) is 0.143. The van der Waals surface area contributed by atoms with E-state index in [1.807, 2.05) is 0 Å². The predicted octanol–water partition coefficient (Wildman–Crippen LogP) is 2.33. The van der Waals surface area contributed by atoms with E-state index in [1.54, 1.807) is 0 Å². The Morgan fingerprint density at radius 2 is 2.13 bits per heavy atom. The quantitative estimate of drug-likeness (QED) is 0.808. The third-order valence-electron chi connectivity index (χ3n) is 1.29. The van der Waals surface area contributed by atoms with E-state index in [9.17, 15) is 18.0 Å². The van der Waals surface area contributed by atoms with Crippen LogP contribution in [-0.4, -0.2) is 22.4 Å². The van der Waals surface area contributed by atoms with Gasteiger partial charge in [-0.25, -0.2) is 9.78 Å². The lowest BCUT2D eigenvalue weighted by Gasteiger charge is -2.10. The summed E-state index contributed by atoms with van der Waals surface area (Å²) in [6.07, 6.45) is -4.29. The lowest BCUT2D eigenvalue weighted by Crippen LogP contribution is -2.19. The average Bonchev–Trinajstić information content (AvgIpc) is 1.99. The Hall–Kier alpha value is -1.50. The predicted molar refractivity (Wildman–Crippen MR) is 42.9 cm³/mol. The molecule has 0 amide bonds. The number of hydrogen-bond acceptors (Lipinski definition) is 3. The van der Waals surface area contributed by atoms with Crippen molar-refractivity contribution < 1.29 is 27.8 Å². The molecule has 0 aliphatic heterocycles. The molecule has 15 heavy (non-hydrogen) atoms. The van der Waals surface area contributed by atoms with Crippen LogP contribution >= 0.6 is 11.6 Å². The first-order chi connectivity index (χ1) is 6.79. The lowest BCUT2D eigenvalue weighted by molar-refractivity contribution is -0.274. The minimum Gasteiger partial charge on any atom is -0.477 e. The second kappa shape index (κ2) is 3.93. The van der Waals surface area contributed by atoms with Crippen LogP contribution in [-0.2, 0) is 0 Å². The van der Waals surface area contributed by atoms with Crippen LogP contribution in [0, 0.1) is 0 Å². The highest BCUT2D eigenvalue weighted by atomic mass is 35.5. The van der Waals surface area contributed by atoms with Gasteiger partial charge in [-0.1, -0.05) is 11.6 Å². The number of carboxylic acids is 1. The Morgan fingerprint density at radius 3 is 2.60 bits per heavy atom. The molecule has 0 unspecified atom stereocenters. The van der Waals surface area contributed by atoms with E-state index in [0.29, 0.717) is 12.3 Å². The molecule has 4 nitrogen and oxygen atoms in total. The van der Waals surface area contributed by atoms with Gasteiger partial charge in [0.25, 0.3) is 0 Å². The number of hydrogen-bond donors (Lipinski definition) is 1. The largest absolute Gasteiger partial charge is 0.573 e. The highest BCUT2D eigenvalue weighted by Gasteiger charge is 2.33. The van der Waals surface area contributed by atoms with E-state index >= 15 is 0 Å². The smallest absolute Gasteiger partial charge is 0.477 e. The minimum atomic E-state index is -4.98. The number of halogens is 4. The van der Waals surface area contributed by atoms with Crippen LogP contribution in [0.2, 0.25) is 5.15 Å². The lowest BCUT2D eigenvalue weighted by atomic mass is 10.2. The molecule has 0 aliphatic carbocycles. The Balaban J connectivity index is 3.13. The van der Waals surface area contributed by atoms with Gasteiger partial charge in [0.05, 0.1) is 0 Å². The minimum absolute atomic E-state index is 0.292. The van der Waals surface area contributed by atoms with Gasteiger partial charge >= 0.3 is 12.3 Å². The molecule has 0 aliphatic rings. The summed E-state index contributed by atoms with van der Waals surface area (Å²) in [4.78, 5) is 13.8. The van der Waals surface area contributed by atoms with Gasteiger partial charge < -0.3 is 9.84 Å². The first kappa shape index (κ1) is 11.6. The Labute approximate surface area is 86.3 Å². The highest BCUT2D eigenvalue weighted by Crippen LogP contribution is 2.27. The first-order valence-corrected chi connectivity index (χ1v) is 3.82. The molecule has 1 heterocycles. The van der Waals surface area contributed by atoms with E-state index in [4.69, 9.17) is 16.7 Å². The summed E-state index contributed by atoms with van der Waals surface area (Å²) in [5.74, 6) is -2.48. The van der Waals surface area contributed by atoms with Crippen LogP contribution in [0.3, 0.4) is 0 Å². The summed E-state index contributed by atoms with van der Waals surface area (Å²) in [6, 6.07) is 0.679. The maximum absolute atomic E-state index is 11.8. The number of aromatic nitrogens is 1. The topological polar surface area (TPSA) is 59.4 Å². The van der Waals surface area contributed by atoms with Crippen molar-refractivity contribution in [2.45, 2.75) is 6.36 Å². The van der Waals surface area contributed by atoms with E-state index in [0.717, 1.165) is 0 Å². The van der Waals surface area contributed by atoms with E-state index < -0.39 is 23.6 Å². The molecule has 1 aromatic rings. The molecule has 0 fully saturated rings. The van der Waals surface area contributed by atoms with Crippen molar-refractivity contribution >= 4 is 17.6 Å². The van der Waals surface area contributed by atoms with Gasteiger partial charge in [0.15, 0.2) is 0 Å². The molecule has 0 spiro atoms. The van der Waals surface area contributed by atoms with Crippen LogP contribution in [0.25, 0.3) is 0 Å². The second-order valence-electron chi connectivity index (χ2n) is 2.36. The summed E-state index contributed by atoms with van der Waals surface area (Å²) in [5.41, 5.74) is -0.711. The van der Waals surface area contributed by atoms with Crippen LogP contribution in [0.1, 0.15) is 10.4 Å². The summed E-state index contributed by atoms with van der Waals surface area (Å²) < 4.78 is 39.0. The first-order valence-electron chi connectivity index (χ1n) is 3.44. The molecular weight excluding hydrogens is 239 g/mol. The molecule has 0 atom stereocenters. The Kier molecular flexibility index (Phi) is 3.04. The van der Waals surface area contributed by atoms with Crippen molar-refractivity contribution in [1.82, 2.24) is 4.98 Å². The molecule has 1 rings (SSSR count). The average molecular weight is 242 g/mol. The standard InChI is InChI=1S/C7H3ClF3NO3/c8-5-1-4(15-7(9,10)11)3(2-12-5)6(13)14/h1-2H,(H,13,14). The summed E-state index contributed by atoms with van der Waals surface area (Å²) in [6.45, 7) is 0. The van der Waals surface area contributed by atoms with Gasteiger partial charge in [0, 0.05) is 12.3 Å². The summed E-state index contributed by atoms with van der Waals surface area (Å²) in [5, 5.41) is 8.23. The van der Waals surface area contributed by atoms with Gasteiger partial charge in [-0.15, -0.1) is 13.2 Å². The number of aromatic carboxylic acids is 1. The SMILES string of the molecule is O=C(O)c1cnc(Cl)cc1OC(F)(F)F. The molecule has 1 aromatic heterocycles. The van der Waals surface area contributed by atoms with Gasteiger partial charge in [0.2, 0.25) is 0 Å². The zero-order valence-corrected chi connectivity index (χ0v) is 7.63. The number of nitrogens with zero attached hydrogens (tertiary/aromatic N) is 1. The van der Waals surface area contributed by atoms with E-state index in [1.165, 1.54) is 0 Å². The summed E-state index contributed by atoms with van der Waals surface area (Å²) >= 11 is 5.30. The van der Waals surface area contributed by atoms with Gasteiger partial charge in [-0.2, -0.15) is 0 Å². The van der Waals surface area contributed by atoms with Crippen molar-refractivity contribution in [3.63, 3.8) is 0 Å². The van der Waals surface area contributed by atoms with Gasteiger partial charge in [-0.3, -0.25) is 0 Å². The molecule has 82 valence electrons. The Morgan fingerprint density at radius 1 is 1.53 bits per heavy atom. The molecule has 0 bridgehead atoms. The molecule has 8 heteroatoms. The zero-order chi connectivity index (χ0) is 11.6. The highest BCUT2D eigenvalue weighted by molar-refractivity contribution is 6.29. The van der Waals surface area contributed by atoms with Gasteiger partial charge in [-0.05, 0) is 0 Å². The number of rotatable bonds is 2. The number of ether oxygens (including phenoxy) is 1. The van der Waals surface area contributed by atoms with Crippen LogP contribution in [0.5, 0.6) is 5.75 Å². The summed E-state index contributed by atoms with van der Waals surface area (Å²) in [7, 11) is 0. The van der Waals surface area contributed by atoms with Crippen molar-refractivity contribution in [1.29, 1.82) is 0 Å². The molecule has 0 saturated heterocycles. The fourth-order valence-corrected chi connectivity index (χ4v) is 0.931. The second-order valence-corrected chi connectivity index (χ2v) is 2.74. The zero-order valence-electron chi connectivity index (χ0n) is 6.88. The maximum Gasteiger partial charge on any atom is 0.573 e. The molecular formula is C7H3ClF3NO3. The molecule has 0 radical (unpaired) electrons. The molecule has 0 saturated carbocycles.